The fourth-order valence-corrected chi connectivity index (χ4v) is 3.69. The predicted octanol–water partition coefficient (Wildman–Crippen LogP) is 3.88. The molecule has 2 aromatic carbocycles. The highest BCUT2D eigenvalue weighted by Gasteiger charge is 2.20. The molecule has 0 fully saturated rings. The van der Waals surface area contributed by atoms with Crippen LogP contribution in [0.3, 0.4) is 0 Å². The lowest BCUT2D eigenvalue weighted by atomic mass is 10.1. The zero-order chi connectivity index (χ0) is 21.4. The molecule has 0 saturated carbocycles. The van der Waals surface area contributed by atoms with E-state index in [1.807, 2.05) is 71.4 Å². The Hall–Kier alpha value is -4.26. The maximum absolute atomic E-state index is 13.0. The first kappa shape index (κ1) is 18.7. The van der Waals surface area contributed by atoms with E-state index in [-0.39, 0.29) is 12.2 Å². The second kappa shape index (κ2) is 7.53. The summed E-state index contributed by atoms with van der Waals surface area (Å²) < 4.78 is 8.26. The van der Waals surface area contributed by atoms with E-state index in [0.29, 0.717) is 11.3 Å². The maximum Gasteiger partial charge on any atom is 0.345 e. The lowest BCUT2D eigenvalue weighted by Crippen LogP contribution is -2.24. The average molecular weight is 410 g/mol. The standard InChI is InChI=1S/C24H18N4O3/c1-2-31-24(30)18-13-25-21-20-19(16-9-5-3-6-10-16)14-27(17-11-7-4-8-12-17)22(20)26-15-28(21)23(18)29/h3-15H,2H2,1H3. The summed E-state index contributed by atoms with van der Waals surface area (Å²) in [5.41, 5.74) is 3.27. The van der Waals surface area contributed by atoms with Gasteiger partial charge < -0.3 is 9.30 Å². The molecular weight excluding hydrogens is 392 g/mol. The monoisotopic (exact) mass is 410 g/mol. The van der Waals surface area contributed by atoms with Gasteiger partial charge in [0.05, 0.1) is 12.0 Å². The summed E-state index contributed by atoms with van der Waals surface area (Å²) in [5.74, 6) is -0.695. The highest BCUT2D eigenvalue weighted by Crippen LogP contribution is 2.33. The molecule has 0 aliphatic heterocycles. The molecule has 3 heterocycles. The number of fused-ring (bicyclic) bond motifs is 3. The summed E-state index contributed by atoms with van der Waals surface area (Å²) in [6.07, 6.45) is 4.68. The molecule has 0 N–H and O–H groups in total. The van der Waals surface area contributed by atoms with Crippen LogP contribution in [-0.2, 0) is 4.74 Å². The van der Waals surface area contributed by atoms with Gasteiger partial charge in [0.1, 0.15) is 11.9 Å². The van der Waals surface area contributed by atoms with E-state index in [9.17, 15) is 9.59 Å². The highest BCUT2D eigenvalue weighted by atomic mass is 16.5. The van der Waals surface area contributed by atoms with Crippen molar-refractivity contribution in [2.45, 2.75) is 6.92 Å². The number of nitrogens with zero attached hydrogens (tertiary/aromatic N) is 4. The van der Waals surface area contributed by atoms with Gasteiger partial charge in [0, 0.05) is 23.6 Å². The number of esters is 1. The van der Waals surface area contributed by atoms with Crippen LogP contribution in [0.15, 0.2) is 84.2 Å². The van der Waals surface area contributed by atoms with Crippen LogP contribution in [0, 0.1) is 0 Å². The first-order valence-corrected chi connectivity index (χ1v) is 9.88. The molecule has 5 rings (SSSR count). The number of hydrogen-bond acceptors (Lipinski definition) is 5. The second-order valence-electron chi connectivity index (χ2n) is 6.95. The van der Waals surface area contributed by atoms with E-state index in [4.69, 9.17) is 4.74 Å². The molecule has 0 atom stereocenters. The minimum absolute atomic E-state index is 0.121. The first-order valence-electron chi connectivity index (χ1n) is 9.88. The van der Waals surface area contributed by atoms with Gasteiger partial charge in [-0.1, -0.05) is 48.5 Å². The molecule has 0 amide bonds. The van der Waals surface area contributed by atoms with Crippen molar-refractivity contribution in [1.82, 2.24) is 18.9 Å². The van der Waals surface area contributed by atoms with E-state index in [1.165, 1.54) is 16.9 Å². The van der Waals surface area contributed by atoms with Gasteiger partial charge in [0.15, 0.2) is 11.3 Å². The third-order valence-corrected chi connectivity index (χ3v) is 5.11. The summed E-state index contributed by atoms with van der Waals surface area (Å²) in [6, 6.07) is 19.7. The van der Waals surface area contributed by atoms with Crippen molar-refractivity contribution >= 4 is 22.6 Å². The van der Waals surface area contributed by atoms with Gasteiger partial charge in [-0.15, -0.1) is 0 Å². The third kappa shape index (κ3) is 3.07. The quantitative estimate of drug-likeness (QED) is 0.420. The normalized spacial score (nSPS) is 11.1. The molecule has 0 unspecified atom stereocenters. The van der Waals surface area contributed by atoms with Crippen LogP contribution in [-0.4, -0.2) is 31.5 Å². The fourth-order valence-electron chi connectivity index (χ4n) is 3.69. The van der Waals surface area contributed by atoms with Gasteiger partial charge >= 0.3 is 5.97 Å². The molecule has 0 spiro atoms. The van der Waals surface area contributed by atoms with Crippen molar-refractivity contribution < 1.29 is 9.53 Å². The van der Waals surface area contributed by atoms with Crippen molar-refractivity contribution in [2.75, 3.05) is 6.61 Å². The summed E-state index contributed by atoms with van der Waals surface area (Å²) in [4.78, 5) is 34.2. The molecule has 7 nitrogen and oxygen atoms in total. The molecular formula is C24H18N4O3. The molecule has 0 aliphatic carbocycles. The Labute approximate surface area is 177 Å². The Morgan fingerprint density at radius 3 is 2.39 bits per heavy atom. The topological polar surface area (TPSA) is 78.5 Å². The number of rotatable bonds is 4. The molecule has 0 bridgehead atoms. The minimum atomic E-state index is -0.695. The Morgan fingerprint density at radius 1 is 0.968 bits per heavy atom. The van der Waals surface area contributed by atoms with Gasteiger partial charge in [-0.3, -0.25) is 4.79 Å². The average Bonchev–Trinajstić information content (AvgIpc) is 3.21. The molecule has 3 aromatic heterocycles. The zero-order valence-electron chi connectivity index (χ0n) is 16.7. The number of benzene rings is 2. The van der Waals surface area contributed by atoms with Gasteiger partial charge in [-0.25, -0.2) is 19.2 Å². The molecule has 31 heavy (non-hydrogen) atoms. The smallest absolute Gasteiger partial charge is 0.345 e. The first-order chi connectivity index (χ1) is 15.2. The van der Waals surface area contributed by atoms with E-state index in [2.05, 4.69) is 9.97 Å². The van der Waals surface area contributed by atoms with Gasteiger partial charge in [0.2, 0.25) is 0 Å². The minimum Gasteiger partial charge on any atom is -0.462 e. The van der Waals surface area contributed by atoms with E-state index < -0.39 is 11.5 Å². The van der Waals surface area contributed by atoms with Crippen LogP contribution in [0.4, 0.5) is 0 Å². The van der Waals surface area contributed by atoms with Gasteiger partial charge in [0.25, 0.3) is 5.56 Å². The number of carbonyl (C=O) groups excluding carboxylic acids is 1. The Kier molecular flexibility index (Phi) is 4.55. The molecule has 0 saturated heterocycles. The fraction of sp³-hybridized carbons (Fsp3) is 0.0833. The number of carbonyl (C=O) groups is 1. The molecule has 152 valence electrons. The van der Waals surface area contributed by atoms with E-state index in [0.717, 1.165) is 22.2 Å². The summed E-state index contributed by atoms with van der Waals surface area (Å²) in [7, 11) is 0. The van der Waals surface area contributed by atoms with Crippen LogP contribution >= 0.6 is 0 Å². The molecule has 5 aromatic rings. The van der Waals surface area contributed by atoms with Crippen molar-refractivity contribution in [3.63, 3.8) is 0 Å². The molecule has 7 heteroatoms. The number of hydrogen-bond donors (Lipinski definition) is 0. The maximum atomic E-state index is 13.0. The van der Waals surface area contributed by atoms with Crippen LogP contribution in [0.25, 0.3) is 33.5 Å². The number of ether oxygens (including phenoxy) is 1. The molecule has 0 aliphatic rings. The lowest BCUT2D eigenvalue weighted by Gasteiger charge is -2.07. The van der Waals surface area contributed by atoms with Crippen LogP contribution < -0.4 is 5.56 Å². The highest BCUT2D eigenvalue weighted by molar-refractivity contribution is 6.04. The Bertz CT molecular complexity index is 1470. The zero-order valence-corrected chi connectivity index (χ0v) is 16.7. The number of aromatic nitrogens is 4. The van der Waals surface area contributed by atoms with Gasteiger partial charge in [-0.05, 0) is 24.6 Å². The van der Waals surface area contributed by atoms with Gasteiger partial charge in [-0.2, -0.15) is 0 Å². The Balaban J connectivity index is 1.86. The van der Waals surface area contributed by atoms with Crippen molar-refractivity contribution in [3.05, 3.63) is 95.3 Å². The van der Waals surface area contributed by atoms with Crippen LogP contribution in [0.2, 0.25) is 0 Å². The van der Waals surface area contributed by atoms with Crippen LogP contribution in [0.1, 0.15) is 17.3 Å². The largest absolute Gasteiger partial charge is 0.462 e. The van der Waals surface area contributed by atoms with Crippen molar-refractivity contribution in [3.8, 4) is 16.8 Å². The summed E-state index contributed by atoms with van der Waals surface area (Å²) in [6.45, 7) is 1.86. The lowest BCUT2D eigenvalue weighted by molar-refractivity contribution is 0.0523. The van der Waals surface area contributed by atoms with Crippen molar-refractivity contribution in [2.24, 2.45) is 0 Å². The summed E-state index contributed by atoms with van der Waals surface area (Å²) >= 11 is 0. The predicted molar refractivity (Wildman–Crippen MR) is 117 cm³/mol. The SMILES string of the molecule is CCOC(=O)c1cnc2c3c(-c4ccccc4)cn(-c4ccccc4)c3ncn2c1=O. The van der Waals surface area contributed by atoms with Crippen LogP contribution in [0.5, 0.6) is 0 Å². The Morgan fingerprint density at radius 2 is 1.68 bits per heavy atom. The van der Waals surface area contributed by atoms with E-state index >= 15 is 0 Å². The number of para-hydroxylation sites is 1. The molecule has 0 radical (unpaired) electrons. The van der Waals surface area contributed by atoms with E-state index in [1.54, 1.807) is 6.92 Å². The second-order valence-corrected chi connectivity index (χ2v) is 6.95. The summed E-state index contributed by atoms with van der Waals surface area (Å²) in [5, 5.41) is 0.727. The third-order valence-electron chi connectivity index (χ3n) is 5.11. The van der Waals surface area contributed by atoms with Crippen molar-refractivity contribution in [1.29, 1.82) is 0 Å².